The number of aromatic amines is 1. The van der Waals surface area contributed by atoms with Crippen LogP contribution in [0.15, 0.2) is 30.6 Å². The number of aryl methyl sites for hydroxylation is 1. The third-order valence-corrected chi connectivity index (χ3v) is 3.10. The lowest BCUT2D eigenvalue weighted by Crippen LogP contribution is -1.95. The fraction of sp³-hybridized carbons (Fsp3) is 0.0833. The van der Waals surface area contributed by atoms with Gasteiger partial charge in [0.25, 0.3) is 0 Å². The van der Waals surface area contributed by atoms with Crippen LogP contribution in [0.4, 0.5) is 5.69 Å². The third-order valence-electron chi connectivity index (χ3n) is 2.87. The molecule has 2 heterocycles. The molecule has 1 aromatic carbocycles. The number of nitrogens with one attached hydrogen (secondary N) is 1. The van der Waals surface area contributed by atoms with Crippen molar-refractivity contribution < 1.29 is 0 Å². The standard InChI is InChI=1S/C12H11ClN4/c1-17-12(10(14)6-16-17)9-5-15-11-3-2-7(13)4-8(9)11/h2-6,15H,14H2,1H3. The predicted molar refractivity (Wildman–Crippen MR) is 69.9 cm³/mol. The molecule has 0 unspecified atom stereocenters. The molecule has 0 spiro atoms. The van der Waals surface area contributed by atoms with Crippen molar-refractivity contribution in [2.45, 2.75) is 0 Å². The molecular formula is C12H11ClN4. The minimum Gasteiger partial charge on any atom is -0.396 e. The van der Waals surface area contributed by atoms with Gasteiger partial charge in [-0.1, -0.05) is 11.6 Å². The maximum atomic E-state index is 6.02. The Bertz CT molecular complexity index is 676. The highest BCUT2D eigenvalue weighted by Gasteiger charge is 2.13. The van der Waals surface area contributed by atoms with E-state index in [2.05, 4.69) is 10.1 Å². The van der Waals surface area contributed by atoms with Crippen LogP contribution in [-0.4, -0.2) is 14.8 Å². The van der Waals surface area contributed by atoms with E-state index < -0.39 is 0 Å². The molecule has 0 radical (unpaired) electrons. The van der Waals surface area contributed by atoms with Crippen LogP contribution in [0.1, 0.15) is 0 Å². The summed E-state index contributed by atoms with van der Waals surface area (Å²) in [6.07, 6.45) is 3.58. The van der Waals surface area contributed by atoms with Crippen molar-refractivity contribution in [2.24, 2.45) is 7.05 Å². The van der Waals surface area contributed by atoms with Gasteiger partial charge in [0.1, 0.15) is 0 Å². The van der Waals surface area contributed by atoms with Gasteiger partial charge in [-0.3, -0.25) is 4.68 Å². The molecule has 5 heteroatoms. The zero-order valence-corrected chi connectivity index (χ0v) is 9.99. The van der Waals surface area contributed by atoms with Gasteiger partial charge < -0.3 is 10.7 Å². The lowest BCUT2D eigenvalue weighted by Gasteiger charge is -2.02. The van der Waals surface area contributed by atoms with Gasteiger partial charge >= 0.3 is 0 Å². The number of nitrogen functional groups attached to an aromatic ring is 1. The molecule has 0 fully saturated rings. The number of fused-ring (bicyclic) bond motifs is 1. The Balaban J connectivity index is 2.35. The Morgan fingerprint density at radius 2 is 2.24 bits per heavy atom. The Morgan fingerprint density at radius 3 is 2.94 bits per heavy atom. The van der Waals surface area contributed by atoms with E-state index in [0.29, 0.717) is 10.7 Å². The molecule has 3 N–H and O–H groups in total. The second-order valence-electron chi connectivity index (χ2n) is 3.96. The molecule has 3 rings (SSSR count). The SMILES string of the molecule is Cn1ncc(N)c1-c1c[nH]c2ccc(Cl)cc12. The summed E-state index contributed by atoms with van der Waals surface area (Å²) >= 11 is 6.02. The first-order valence-electron chi connectivity index (χ1n) is 5.21. The van der Waals surface area contributed by atoms with Crippen molar-refractivity contribution in [2.75, 3.05) is 5.73 Å². The summed E-state index contributed by atoms with van der Waals surface area (Å²) in [7, 11) is 1.87. The third kappa shape index (κ3) is 1.49. The maximum absolute atomic E-state index is 6.02. The minimum absolute atomic E-state index is 0.661. The van der Waals surface area contributed by atoms with E-state index in [0.717, 1.165) is 22.2 Å². The lowest BCUT2D eigenvalue weighted by atomic mass is 10.1. The van der Waals surface area contributed by atoms with Gasteiger partial charge in [0, 0.05) is 34.7 Å². The van der Waals surface area contributed by atoms with Gasteiger partial charge in [0.2, 0.25) is 0 Å². The normalized spacial score (nSPS) is 11.2. The van der Waals surface area contributed by atoms with Crippen LogP contribution in [-0.2, 0) is 7.05 Å². The van der Waals surface area contributed by atoms with E-state index in [9.17, 15) is 0 Å². The van der Waals surface area contributed by atoms with Crippen LogP contribution in [0, 0.1) is 0 Å². The highest BCUT2D eigenvalue weighted by atomic mass is 35.5. The van der Waals surface area contributed by atoms with E-state index in [1.165, 1.54) is 0 Å². The van der Waals surface area contributed by atoms with Crippen molar-refractivity contribution in [3.05, 3.63) is 35.6 Å². The average Bonchev–Trinajstić information content (AvgIpc) is 2.83. The lowest BCUT2D eigenvalue weighted by molar-refractivity contribution is 0.776. The van der Waals surface area contributed by atoms with Crippen LogP contribution in [0.5, 0.6) is 0 Å². The van der Waals surface area contributed by atoms with Crippen LogP contribution in [0.2, 0.25) is 5.02 Å². The summed E-state index contributed by atoms with van der Waals surface area (Å²) < 4.78 is 1.76. The van der Waals surface area contributed by atoms with E-state index in [4.69, 9.17) is 17.3 Å². The molecular weight excluding hydrogens is 236 g/mol. The number of halogens is 1. The van der Waals surface area contributed by atoms with Gasteiger partial charge in [-0.05, 0) is 18.2 Å². The van der Waals surface area contributed by atoms with Crippen molar-refractivity contribution in [1.29, 1.82) is 0 Å². The van der Waals surface area contributed by atoms with Crippen LogP contribution >= 0.6 is 11.6 Å². The van der Waals surface area contributed by atoms with Crippen molar-refractivity contribution >= 4 is 28.2 Å². The Labute approximate surface area is 103 Å². The van der Waals surface area contributed by atoms with E-state index in [1.807, 2.05) is 31.4 Å². The molecule has 17 heavy (non-hydrogen) atoms. The highest BCUT2D eigenvalue weighted by Crippen LogP contribution is 2.33. The number of H-pyrrole nitrogens is 1. The summed E-state index contributed by atoms with van der Waals surface area (Å²) in [5.41, 5.74) is 9.54. The van der Waals surface area contributed by atoms with Gasteiger partial charge in [0.05, 0.1) is 17.6 Å². The molecule has 0 bridgehead atoms. The molecule has 3 aromatic rings. The molecule has 86 valence electrons. The Kier molecular flexibility index (Phi) is 2.12. The van der Waals surface area contributed by atoms with Gasteiger partial charge in [-0.15, -0.1) is 0 Å². The van der Waals surface area contributed by atoms with E-state index in [1.54, 1.807) is 10.9 Å². The molecule has 2 aromatic heterocycles. The molecule has 0 atom stereocenters. The fourth-order valence-electron chi connectivity index (χ4n) is 2.07. The second kappa shape index (κ2) is 3.53. The zero-order chi connectivity index (χ0) is 12.0. The largest absolute Gasteiger partial charge is 0.396 e. The number of rotatable bonds is 1. The average molecular weight is 247 g/mol. The predicted octanol–water partition coefficient (Wildman–Crippen LogP) is 2.80. The van der Waals surface area contributed by atoms with Crippen molar-refractivity contribution in [3.63, 3.8) is 0 Å². The van der Waals surface area contributed by atoms with E-state index >= 15 is 0 Å². The number of hydrogen-bond donors (Lipinski definition) is 2. The monoisotopic (exact) mass is 246 g/mol. The van der Waals surface area contributed by atoms with Crippen molar-refractivity contribution in [3.8, 4) is 11.3 Å². The summed E-state index contributed by atoms with van der Waals surface area (Å²) in [6.45, 7) is 0. The topological polar surface area (TPSA) is 59.6 Å². The molecule has 0 saturated carbocycles. The van der Waals surface area contributed by atoms with Gasteiger partial charge in [-0.2, -0.15) is 5.10 Å². The molecule has 0 saturated heterocycles. The summed E-state index contributed by atoms with van der Waals surface area (Å²) in [5.74, 6) is 0. The van der Waals surface area contributed by atoms with Gasteiger partial charge in [-0.25, -0.2) is 0 Å². The zero-order valence-electron chi connectivity index (χ0n) is 9.24. The van der Waals surface area contributed by atoms with Crippen LogP contribution < -0.4 is 5.73 Å². The molecule has 0 amide bonds. The number of hydrogen-bond acceptors (Lipinski definition) is 2. The summed E-state index contributed by atoms with van der Waals surface area (Å²) in [6, 6.07) is 5.74. The second-order valence-corrected chi connectivity index (χ2v) is 4.40. The molecule has 0 aliphatic rings. The number of benzene rings is 1. The fourth-order valence-corrected chi connectivity index (χ4v) is 2.25. The summed E-state index contributed by atoms with van der Waals surface area (Å²) in [4.78, 5) is 3.20. The van der Waals surface area contributed by atoms with Crippen LogP contribution in [0.3, 0.4) is 0 Å². The highest BCUT2D eigenvalue weighted by molar-refractivity contribution is 6.31. The van der Waals surface area contributed by atoms with Crippen LogP contribution in [0.25, 0.3) is 22.2 Å². The number of nitrogens with zero attached hydrogens (tertiary/aromatic N) is 2. The first-order chi connectivity index (χ1) is 8.16. The van der Waals surface area contributed by atoms with E-state index in [-0.39, 0.29) is 0 Å². The molecule has 0 aliphatic carbocycles. The Morgan fingerprint density at radius 1 is 1.41 bits per heavy atom. The van der Waals surface area contributed by atoms with Crippen molar-refractivity contribution in [1.82, 2.24) is 14.8 Å². The quantitative estimate of drug-likeness (QED) is 0.694. The Hall–Kier alpha value is -1.94. The smallest absolute Gasteiger partial charge is 0.0930 e. The molecule has 0 aliphatic heterocycles. The first-order valence-corrected chi connectivity index (χ1v) is 5.59. The number of aromatic nitrogens is 3. The number of nitrogens with two attached hydrogens (primary N) is 1. The van der Waals surface area contributed by atoms with Gasteiger partial charge in [0.15, 0.2) is 0 Å². The first kappa shape index (κ1) is 10.2. The summed E-state index contributed by atoms with van der Waals surface area (Å²) in [5, 5.41) is 5.90. The minimum atomic E-state index is 0.661. The molecule has 4 nitrogen and oxygen atoms in total. The number of anilines is 1. The maximum Gasteiger partial charge on any atom is 0.0930 e.